The Kier molecular flexibility index (Phi) is 3.82. The number of nitrogens with zero attached hydrogens (tertiary/aromatic N) is 2. The molecule has 2 rings (SSSR count). The highest BCUT2D eigenvalue weighted by molar-refractivity contribution is 4.88. The highest BCUT2D eigenvalue weighted by Crippen LogP contribution is 2.32. The molecular formula is C13H23N3O. The lowest BCUT2D eigenvalue weighted by atomic mass is 10.1. The lowest BCUT2D eigenvalue weighted by Gasteiger charge is -2.19. The first-order chi connectivity index (χ1) is 8.03. The van der Waals surface area contributed by atoms with Crippen LogP contribution in [0.4, 0.5) is 0 Å². The van der Waals surface area contributed by atoms with Crippen molar-refractivity contribution in [1.82, 2.24) is 15.5 Å². The fourth-order valence-corrected chi connectivity index (χ4v) is 1.74. The Hall–Kier alpha value is -0.900. The maximum Gasteiger partial charge on any atom is 0.216 e. The van der Waals surface area contributed by atoms with Crippen LogP contribution < -0.4 is 5.32 Å². The Bertz CT molecular complexity index is 350. The first-order valence-electron chi connectivity index (χ1n) is 6.59. The van der Waals surface area contributed by atoms with Crippen LogP contribution in [0.2, 0.25) is 0 Å². The van der Waals surface area contributed by atoms with Crippen molar-refractivity contribution in [2.24, 2.45) is 5.92 Å². The van der Waals surface area contributed by atoms with Crippen molar-refractivity contribution in [3.8, 4) is 0 Å². The van der Waals surface area contributed by atoms with Gasteiger partial charge in [-0.3, -0.25) is 0 Å². The maximum absolute atomic E-state index is 5.62. The summed E-state index contributed by atoms with van der Waals surface area (Å²) in [5.74, 6) is 2.42. The van der Waals surface area contributed by atoms with Crippen LogP contribution in [0.1, 0.15) is 51.8 Å². The van der Waals surface area contributed by atoms with Crippen LogP contribution in [0, 0.1) is 5.92 Å². The van der Waals surface area contributed by atoms with Crippen LogP contribution in [0.15, 0.2) is 4.42 Å². The van der Waals surface area contributed by atoms with Gasteiger partial charge >= 0.3 is 0 Å². The zero-order valence-corrected chi connectivity index (χ0v) is 11.1. The molecule has 1 aliphatic carbocycles. The Morgan fingerprint density at radius 1 is 1.24 bits per heavy atom. The molecule has 1 heterocycles. The van der Waals surface area contributed by atoms with Gasteiger partial charge in [0.05, 0.1) is 0 Å². The third kappa shape index (κ3) is 4.86. The summed E-state index contributed by atoms with van der Waals surface area (Å²) < 4.78 is 5.62. The van der Waals surface area contributed by atoms with Crippen LogP contribution >= 0.6 is 0 Å². The van der Waals surface area contributed by atoms with Gasteiger partial charge in [0, 0.05) is 18.4 Å². The molecule has 0 aromatic carbocycles. The van der Waals surface area contributed by atoms with E-state index in [1.165, 1.54) is 12.8 Å². The molecule has 1 aliphatic rings. The Morgan fingerprint density at radius 3 is 2.59 bits per heavy atom. The van der Waals surface area contributed by atoms with Crippen LogP contribution in [-0.2, 0) is 12.8 Å². The minimum atomic E-state index is 0.186. The SMILES string of the molecule is CC(C)(C)NCCCc1nnc(CC2CC2)o1. The summed E-state index contributed by atoms with van der Waals surface area (Å²) in [6.45, 7) is 7.51. The third-order valence-corrected chi connectivity index (χ3v) is 2.89. The van der Waals surface area contributed by atoms with Crippen molar-refractivity contribution >= 4 is 0 Å². The van der Waals surface area contributed by atoms with Crippen LogP contribution in [0.25, 0.3) is 0 Å². The van der Waals surface area contributed by atoms with Crippen molar-refractivity contribution in [3.05, 3.63) is 11.8 Å². The van der Waals surface area contributed by atoms with E-state index in [1.807, 2.05) is 0 Å². The second-order valence-electron chi connectivity index (χ2n) is 6.02. The Balaban J connectivity index is 1.66. The molecule has 17 heavy (non-hydrogen) atoms. The predicted octanol–water partition coefficient (Wildman–Crippen LogP) is 2.34. The summed E-state index contributed by atoms with van der Waals surface area (Å²) >= 11 is 0. The lowest BCUT2D eigenvalue weighted by Crippen LogP contribution is -2.36. The van der Waals surface area contributed by atoms with E-state index in [4.69, 9.17) is 4.42 Å². The van der Waals surface area contributed by atoms with Crippen molar-refractivity contribution in [2.75, 3.05) is 6.54 Å². The smallest absolute Gasteiger partial charge is 0.216 e. The molecule has 0 bridgehead atoms. The van der Waals surface area contributed by atoms with Gasteiger partial charge in [0.15, 0.2) is 0 Å². The average molecular weight is 237 g/mol. The van der Waals surface area contributed by atoms with Gasteiger partial charge < -0.3 is 9.73 Å². The molecule has 1 N–H and O–H groups in total. The number of nitrogens with one attached hydrogen (secondary N) is 1. The molecule has 1 aromatic rings. The number of hydrogen-bond acceptors (Lipinski definition) is 4. The standard InChI is InChI=1S/C13H23N3O/c1-13(2,3)14-8-4-5-11-15-16-12(17-11)9-10-6-7-10/h10,14H,4-9H2,1-3H3. The van der Waals surface area contributed by atoms with Crippen LogP contribution in [0.5, 0.6) is 0 Å². The topological polar surface area (TPSA) is 51.0 Å². The Labute approximate surface area is 103 Å². The number of aromatic nitrogens is 2. The van der Waals surface area contributed by atoms with E-state index in [1.54, 1.807) is 0 Å². The molecule has 4 nitrogen and oxygen atoms in total. The van der Waals surface area contributed by atoms with Gasteiger partial charge in [-0.15, -0.1) is 10.2 Å². The molecular weight excluding hydrogens is 214 g/mol. The van der Waals surface area contributed by atoms with Crippen molar-refractivity contribution < 1.29 is 4.42 Å². The molecule has 96 valence electrons. The monoisotopic (exact) mass is 237 g/mol. The maximum atomic E-state index is 5.62. The quantitative estimate of drug-likeness (QED) is 0.772. The van der Waals surface area contributed by atoms with E-state index < -0.39 is 0 Å². The van der Waals surface area contributed by atoms with E-state index in [0.717, 1.165) is 43.5 Å². The van der Waals surface area contributed by atoms with Crippen molar-refractivity contribution in [2.45, 2.75) is 58.4 Å². The first kappa shape index (κ1) is 12.6. The number of rotatable bonds is 6. The zero-order valence-electron chi connectivity index (χ0n) is 11.1. The summed E-state index contributed by atoms with van der Waals surface area (Å²) in [6.07, 6.45) is 5.55. The van der Waals surface area contributed by atoms with E-state index in [2.05, 4.69) is 36.3 Å². The molecule has 0 spiro atoms. The minimum absolute atomic E-state index is 0.186. The second-order valence-corrected chi connectivity index (χ2v) is 6.02. The molecule has 0 unspecified atom stereocenters. The summed E-state index contributed by atoms with van der Waals surface area (Å²) in [6, 6.07) is 0. The fraction of sp³-hybridized carbons (Fsp3) is 0.846. The van der Waals surface area contributed by atoms with Gasteiger partial charge in [-0.2, -0.15) is 0 Å². The van der Waals surface area contributed by atoms with Crippen molar-refractivity contribution in [1.29, 1.82) is 0 Å². The van der Waals surface area contributed by atoms with Gasteiger partial charge in [0.1, 0.15) is 0 Å². The predicted molar refractivity (Wildman–Crippen MR) is 66.8 cm³/mol. The van der Waals surface area contributed by atoms with Crippen LogP contribution in [0.3, 0.4) is 0 Å². The normalized spacial score (nSPS) is 16.4. The molecule has 0 amide bonds. The van der Waals surface area contributed by atoms with E-state index >= 15 is 0 Å². The molecule has 0 radical (unpaired) electrons. The summed E-state index contributed by atoms with van der Waals surface area (Å²) in [7, 11) is 0. The van der Waals surface area contributed by atoms with Gasteiger partial charge in [-0.25, -0.2) is 0 Å². The lowest BCUT2D eigenvalue weighted by molar-refractivity contribution is 0.403. The largest absolute Gasteiger partial charge is 0.425 e. The average Bonchev–Trinajstić information content (AvgIpc) is 2.91. The van der Waals surface area contributed by atoms with Gasteiger partial charge in [-0.05, 0) is 52.5 Å². The van der Waals surface area contributed by atoms with E-state index in [-0.39, 0.29) is 5.54 Å². The summed E-state index contributed by atoms with van der Waals surface area (Å²) in [5.41, 5.74) is 0.186. The highest BCUT2D eigenvalue weighted by Gasteiger charge is 2.24. The molecule has 4 heteroatoms. The Morgan fingerprint density at radius 2 is 1.94 bits per heavy atom. The first-order valence-corrected chi connectivity index (χ1v) is 6.59. The molecule has 0 saturated heterocycles. The summed E-state index contributed by atoms with van der Waals surface area (Å²) in [5, 5.41) is 11.6. The van der Waals surface area contributed by atoms with Gasteiger partial charge in [0.2, 0.25) is 11.8 Å². The molecule has 0 aliphatic heterocycles. The number of aryl methyl sites for hydroxylation is 1. The van der Waals surface area contributed by atoms with Crippen molar-refractivity contribution in [3.63, 3.8) is 0 Å². The molecule has 1 saturated carbocycles. The third-order valence-electron chi connectivity index (χ3n) is 2.89. The zero-order chi connectivity index (χ0) is 12.3. The molecule has 1 fully saturated rings. The van der Waals surface area contributed by atoms with E-state index in [9.17, 15) is 0 Å². The summed E-state index contributed by atoms with van der Waals surface area (Å²) in [4.78, 5) is 0. The van der Waals surface area contributed by atoms with Gasteiger partial charge in [-0.1, -0.05) is 0 Å². The van der Waals surface area contributed by atoms with Crippen LogP contribution in [-0.4, -0.2) is 22.3 Å². The number of hydrogen-bond donors (Lipinski definition) is 1. The molecule has 1 aromatic heterocycles. The highest BCUT2D eigenvalue weighted by atomic mass is 16.4. The fourth-order valence-electron chi connectivity index (χ4n) is 1.74. The molecule has 0 atom stereocenters. The van der Waals surface area contributed by atoms with E-state index in [0.29, 0.717) is 0 Å². The van der Waals surface area contributed by atoms with Gasteiger partial charge in [0.25, 0.3) is 0 Å². The second kappa shape index (κ2) is 5.17. The minimum Gasteiger partial charge on any atom is -0.425 e.